The van der Waals surface area contributed by atoms with Gasteiger partial charge in [0.15, 0.2) is 0 Å². The van der Waals surface area contributed by atoms with Crippen molar-refractivity contribution < 1.29 is 4.79 Å². The van der Waals surface area contributed by atoms with Gasteiger partial charge in [-0.1, -0.05) is 63.6 Å². The van der Waals surface area contributed by atoms with Crippen molar-refractivity contribution in [3.63, 3.8) is 0 Å². The fourth-order valence-corrected chi connectivity index (χ4v) is 3.35. The highest BCUT2D eigenvalue weighted by Gasteiger charge is 2.32. The Hall–Kier alpha value is -2.47. The molecule has 5 nitrogen and oxygen atoms in total. The number of likely N-dealkylation sites (tertiary alicyclic amines) is 1. The van der Waals surface area contributed by atoms with E-state index in [1.165, 1.54) is 5.56 Å². The van der Waals surface area contributed by atoms with Crippen LogP contribution in [0, 0.1) is 0 Å². The molecule has 0 N–H and O–H groups in total. The Balaban J connectivity index is 1.29. The third kappa shape index (κ3) is 3.70. The van der Waals surface area contributed by atoms with Crippen LogP contribution in [-0.4, -0.2) is 38.9 Å². The number of aromatic nitrogens is 3. The fourth-order valence-electron chi connectivity index (χ4n) is 3.08. The van der Waals surface area contributed by atoms with Gasteiger partial charge in [0, 0.05) is 29.5 Å². The number of rotatable bonds is 5. The highest BCUT2D eigenvalue weighted by Crippen LogP contribution is 2.24. The maximum absolute atomic E-state index is 12.3. The van der Waals surface area contributed by atoms with Crippen LogP contribution >= 0.6 is 15.9 Å². The van der Waals surface area contributed by atoms with E-state index in [2.05, 4.69) is 38.4 Å². The van der Waals surface area contributed by atoms with Crippen LogP contribution in [0.4, 0.5) is 0 Å². The molecule has 0 atom stereocenters. The minimum Gasteiger partial charge on any atom is -0.338 e. The number of halogens is 1. The van der Waals surface area contributed by atoms with Crippen LogP contribution in [0.1, 0.15) is 18.0 Å². The zero-order chi connectivity index (χ0) is 17.9. The van der Waals surface area contributed by atoms with Crippen LogP contribution in [-0.2, 0) is 11.2 Å². The molecule has 1 saturated heterocycles. The average Bonchev–Trinajstić information content (AvgIpc) is 3.10. The van der Waals surface area contributed by atoms with Gasteiger partial charge in [-0.15, -0.1) is 5.10 Å². The first-order chi connectivity index (χ1) is 12.7. The second kappa shape index (κ2) is 7.41. The topological polar surface area (TPSA) is 51.0 Å². The van der Waals surface area contributed by atoms with E-state index in [-0.39, 0.29) is 11.9 Å². The lowest BCUT2D eigenvalue weighted by atomic mass is 10.1. The van der Waals surface area contributed by atoms with E-state index in [9.17, 15) is 4.79 Å². The summed E-state index contributed by atoms with van der Waals surface area (Å²) in [5, 5.41) is 8.48. The van der Waals surface area contributed by atoms with Gasteiger partial charge < -0.3 is 4.90 Å². The molecule has 1 aliphatic heterocycles. The minimum atomic E-state index is 0.201. The second-order valence-electron chi connectivity index (χ2n) is 6.53. The van der Waals surface area contributed by atoms with Crippen molar-refractivity contribution in [2.75, 3.05) is 13.1 Å². The Labute approximate surface area is 160 Å². The van der Waals surface area contributed by atoms with Gasteiger partial charge in [0.25, 0.3) is 0 Å². The molecule has 1 amide bonds. The number of amides is 1. The molecule has 1 aromatic heterocycles. The molecule has 0 saturated carbocycles. The molecular formula is C20H19BrN4O. The van der Waals surface area contributed by atoms with E-state index in [4.69, 9.17) is 0 Å². The number of hydrogen-bond donors (Lipinski definition) is 0. The summed E-state index contributed by atoms with van der Waals surface area (Å²) in [6.07, 6.45) is 3.28. The van der Waals surface area contributed by atoms with Gasteiger partial charge >= 0.3 is 0 Å². The minimum absolute atomic E-state index is 0.201. The maximum Gasteiger partial charge on any atom is 0.223 e. The predicted molar refractivity (Wildman–Crippen MR) is 104 cm³/mol. The van der Waals surface area contributed by atoms with E-state index >= 15 is 0 Å². The zero-order valence-corrected chi connectivity index (χ0v) is 15.8. The molecule has 26 heavy (non-hydrogen) atoms. The summed E-state index contributed by atoms with van der Waals surface area (Å²) >= 11 is 3.43. The molecule has 3 aromatic rings. The summed E-state index contributed by atoms with van der Waals surface area (Å²) in [4.78, 5) is 14.2. The van der Waals surface area contributed by atoms with Crippen LogP contribution in [0.3, 0.4) is 0 Å². The van der Waals surface area contributed by atoms with Gasteiger partial charge in [0.2, 0.25) is 5.91 Å². The summed E-state index contributed by atoms with van der Waals surface area (Å²) in [6.45, 7) is 1.41. The number of carbonyl (C=O) groups excluding carboxylic acids is 1. The van der Waals surface area contributed by atoms with Gasteiger partial charge in [-0.3, -0.25) is 4.79 Å². The van der Waals surface area contributed by atoms with E-state index in [0.29, 0.717) is 19.5 Å². The first-order valence-corrected chi connectivity index (χ1v) is 9.48. The first-order valence-electron chi connectivity index (χ1n) is 8.68. The maximum atomic E-state index is 12.3. The van der Waals surface area contributed by atoms with E-state index < -0.39 is 0 Å². The lowest BCUT2D eigenvalue weighted by molar-refractivity contribution is -0.137. The summed E-state index contributed by atoms with van der Waals surface area (Å²) in [6, 6.07) is 18.3. The van der Waals surface area contributed by atoms with Gasteiger partial charge in [-0.05, 0) is 24.1 Å². The summed E-state index contributed by atoms with van der Waals surface area (Å²) < 4.78 is 2.93. The highest BCUT2D eigenvalue weighted by molar-refractivity contribution is 9.10. The van der Waals surface area contributed by atoms with Crippen molar-refractivity contribution in [3.05, 3.63) is 70.8 Å². The third-order valence-electron chi connectivity index (χ3n) is 4.71. The van der Waals surface area contributed by atoms with Crippen molar-refractivity contribution in [2.24, 2.45) is 0 Å². The van der Waals surface area contributed by atoms with Crippen LogP contribution in [0.25, 0.3) is 11.3 Å². The zero-order valence-electron chi connectivity index (χ0n) is 14.3. The molecule has 2 heterocycles. The molecule has 0 bridgehead atoms. The number of hydrogen-bond acceptors (Lipinski definition) is 3. The Morgan fingerprint density at radius 3 is 2.54 bits per heavy atom. The van der Waals surface area contributed by atoms with E-state index in [1.54, 1.807) is 0 Å². The molecule has 0 radical (unpaired) electrons. The van der Waals surface area contributed by atoms with Crippen LogP contribution in [0.5, 0.6) is 0 Å². The summed E-state index contributed by atoms with van der Waals surface area (Å²) in [5.74, 6) is 0.201. The molecule has 6 heteroatoms. The highest BCUT2D eigenvalue weighted by atomic mass is 79.9. The Morgan fingerprint density at radius 2 is 1.81 bits per heavy atom. The van der Waals surface area contributed by atoms with Crippen molar-refractivity contribution in [1.29, 1.82) is 0 Å². The summed E-state index contributed by atoms with van der Waals surface area (Å²) in [7, 11) is 0. The molecular weight excluding hydrogens is 392 g/mol. The van der Waals surface area contributed by atoms with Gasteiger partial charge in [0.1, 0.15) is 5.69 Å². The van der Waals surface area contributed by atoms with Crippen LogP contribution in [0.2, 0.25) is 0 Å². The van der Waals surface area contributed by atoms with Gasteiger partial charge in [0.05, 0.1) is 12.2 Å². The van der Waals surface area contributed by atoms with Crippen LogP contribution < -0.4 is 0 Å². The largest absolute Gasteiger partial charge is 0.338 e. The number of nitrogens with zero attached hydrogens (tertiary/aromatic N) is 4. The van der Waals surface area contributed by atoms with Gasteiger partial charge in [-0.2, -0.15) is 0 Å². The SMILES string of the molecule is O=C(CCc1ccc(Br)cc1)N1CC(n2cc(-c3ccccc3)nn2)C1. The van der Waals surface area contributed by atoms with E-state index in [1.807, 2.05) is 58.2 Å². The van der Waals surface area contributed by atoms with E-state index in [0.717, 1.165) is 22.2 Å². The summed E-state index contributed by atoms with van der Waals surface area (Å²) in [5.41, 5.74) is 3.11. The predicted octanol–water partition coefficient (Wildman–Crippen LogP) is 3.72. The number of carbonyl (C=O) groups is 1. The fraction of sp³-hybridized carbons (Fsp3) is 0.250. The van der Waals surface area contributed by atoms with Crippen LogP contribution in [0.15, 0.2) is 65.3 Å². The molecule has 1 fully saturated rings. The molecule has 2 aromatic carbocycles. The Morgan fingerprint density at radius 1 is 1.08 bits per heavy atom. The average molecular weight is 411 g/mol. The first kappa shape index (κ1) is 17.0. The molecule has 0 unspecified atom stereocenters. The smallest absolute Gasteiger partial charge is 0.223 e. The molecule has 4 rings (SSSR count). The Kier molecular flexibility index (Phi) is 4.84. The number of aryl methyl sites for hydroxylation is 1. The van der Waals surface area contributed by atoms with Crippen molar-refractivity contribution in [3.8, 4) is 11.3 Å². The normalized spacial score (nSPS) is 14.3. The van der Waals surface area contributed by atoms with Gasteiger partial charge in [-0.25, -0.2) is 4.68 Å². The number of benzene rings is 2. The standard InChI is InChI=1S/C20H19BrN4O/c21-17-9-6-15(7-10-17)8-11-20(26)24-12-18(13-24)25-14-19(22-23-25)16-4-2-1-3-5-16/h1-7,9-10,14,18H,8,11-13H2. The molecule has 132 valence electrons. The lowest BCUT2D eigenvalue weighted by Crippen LogP contribution is -2.50. The molecule has 1 aliphatic rings. The lowest BCUT2D eigenvalue weighted by Gasteiger charge is -2.39. The molecule has 0 aliphatic carbocycles. The van der Waals surface area contributed by atoms with Crippen molar-refractivity contribution in [2.45, 2.75) is 18.9 Å². The third-order valence-corrected chi connectivity index (χ3v) is 5.24. The monoisotopic (exact) mass is 410 g/mol. The van der Waals surface area contributed by atoms with Crippen molar-refractivity contribution >= 4 is 21.8 Å². The molecule has 0 spiro atoms. The van der Waals surface area contributed by atoms with Crippen molar-refractivity contribution in [1.82, 2.24) is 19.9 Å². The second-order valence-corrected chi connectivity index (χ2v) is 7.44. The quantitative estimate of drug-likeness (QED) is 0.643. The Bertz CT molecular complexity index is 886.